The van der Waals surface area contributed by atoms with Crippen LogP contribution in [0, 0.1) is 0 Å². The van der Waals surface area contributed by atoms with E-state index in [-0.39, 0.29) is 5.91 Å². The zero-order valence-electron chi connectivity index (χ0n) is 16.8. The molecule has 1 N–H and O–H groups in total. The third kappa shape index (κ3) is 4.08. The fourth-order valence-electron chi connectivity index (χ4n) is 3.07. The number of rotatable bonds is 7. The molecule has 0 unspecified atom stereocenters. The highest BCUT2D eigenvalue weighted by molar-refractivity contribution is 7.13. The molecule has 0 saturated carbocycles. The Labute approximate surface area is 178 Å². The van der Waals surface area contributed by atoms with Crippen LogP contribution in [0.4, 0.5) is 0 Å². The van der Waals surface area contributed by atoms with Crippen molar-refractivity contribution < 1.29 is 4.79 Å². The number of pyridine rings is 1. The summed E-state index contributed by atoms with van der Waals surface area (Å²) < 4.78 is 1.72. The Morgan fingerprint density at radius 3 is 2.87 bits per heavy atom. The Morgan fingerprint density at radius 2 is 2.10 bits per heavy atom. The van der Waals surface area contributed by atoms with Crippen LogP contribution >= 0.6 is 11.3 Å². The van der Waals surface area contributed by atoms with Gasteiger partial charge >= 0.3 is 0 Å². The van der Waals surface area contributed by atoms with Gasteiger partial charge in [-0.3, -0.25) is 9.78 Å². The average Bonchev–Trinajstić information content (AvgIpc) is 3.46. The molecule has 0 radical (unpaired) electrons. The predicted octanol–water partition coefficient (Wildman–Crippen LogP) is 4.06. The number of nitrogens with one attached hydrogen (secondary N) is 1. The number of aromatic nitrogens is 4. The minimum atomic E-state index is -0.189. The van der Waals surface area contributed by atoms with E-state index in [1.165, 1.54) is 0 Å². The first-order valence-electron chi connectivity index (χ1n) is 9.76. The highest BCUT2D eigenvalue weighted by Crippen LogP contribution is 2.27. The first kappa shape index (κ1) is 19.8. The summed E-state index contributed by atoms with van der Waals surface area (Å²) in [6, 6.07) is 9.43. The minimum Gasteiger partial charge on any atom is -0.377 e. The van der Waals surface area contributed by atoms with Crippen molar-refractivity contribution in [3.05, 3.63) is 72.3 Å². The van der Waals surface area contributed by atoms with Crippen molar-refractivity contribution >= 4 is 22.9 Å². The zero-order valence-corrected chi connectivity index (χ0v) is 17.6. The van der Waals surface area contributed by atoms with Crippen LogP contribution in [-0.4, -0.2) is 43.5 Å². The SMILES string of the molecule is CCN(/C=C/NC(=O)c1ccnc(-c2cnn3ccc(-c4cccs4)nc23)c1)CC. The van der Waals surface area contributed by atoms with E-state index in [1.54, 1.807) is 46.6 Å². The molecule has 0 fully saturated rings. The second-order valence-electron chi connectivity index (χ2n) is 6.56. The van der Waals surface area contributed by atoms with E-state index in [2.05, 4.69) is 34.1 Å². The Bertz CT molecular complexity index is 1180. The lowest BCUT2D eigenvalue weighted by atomic mass is 10.1. The van der Waals surface area contributed by atoms with Crippen molar-refractivity contribution in [2.45, 2.75) is 13.8 Å². The van der Waals surface area contributed by atoms with Crippen LogP contribution in [0.3, 0.4) is 0 Å². The minimum absolute atomic E-state index is 0.189. The topological polar surface area (TPSA) is 75.4 Å². The third-order valence-corrected chi connectivity index (χ3v) is 5.65. The molecule has 0 bridgehead atoms. The fourth-order valence-corrected chi connectivity index (χ4v) is 3.76. The van der Waals surface area contributed by atoms with Crippen molar-refractivity contribution in [2.75, 3.05) is 13.1 Å². The molecule has 7 nitrogen and oxygen atoms in total. The summed E-state index contributed by atoms with van der Waals surface area (Å²) in [4.78, 5) is 24.9. The smallest absolute Gasteiger partial charge is 0.255 e. The van der Waals surface area contributed by atoms with E-state index in [9.17, 15) is 4.79 Å². The van der Waals surface area contributed by atoms with E-state index >= 15 is 0 Å². The largest absolute Gasteiger partial charge is 0.377 e. The maximum atomic E-state index is 12.6. The highest BCUT2D eigenvalue weighted by Gasteiger charge is 2.13. The molecule has 0 aliphatic rings. The second-order valence-corrected chi connectivity index (χ2v) is 7.50. The molecule has 0 spiro atoms. The van der Waals surface area contributed by atoms with Gasteiger partial charge in [-0.1, -0.05) is 6.07 Å². The molecule has 152 valence electrons. The van der Waals surface area contributed by atoms with Gasteiger partial charge in [-0.15, -0.1) is 11.3 Å². The van der Waals surface area contributed by atoms with Crippen molar-refractivity contribution in [1.82, 2.24) is 29.8 Å². The number of carbonyl (C=O) groups excluding carboxylic acids is 1. The summed E-state index contributed by atoms with van der Waals surface area (Å²) in [5, 5.41) is 9.22. The predicted molar refractivity (Wildman–Crippen MR) is 119 cm³/mol. The Kier molecular flexibility index (Phi) is 5.85. The molecule has 30 heavy (non-hydrogen) atoms. The van der Waals surface area contributed by atoms with Crippen LogP contribution in [0.2, 0.25) is 0 Å². The first-order chi connectivity index (χ1) is 14.7. The molecule has 8 heteroatoms. The highest BCUT2D eigenvalue weighted by atomic mass is 32.1. The lowest BCUT2D eigenvalue weighted by Crippen LogP contribution is -2.21. The van der Waals surface area contributed by atoms with Gasteiger partial charge in [-0.05, 0) is 43.5 Å². The Hall–Kier alpha value is -3.52. The average molecular weight is 419 g/mol. The van der Waals surface area contributed by atoms with Crippen molar-refractivity contribution in [3.8, 4) is 21.8 Å². The lowest BCUT2D eigenvalue weighted by molar-refractivity contribution is 0.0969. The quantitative estimate of drug-likeness (QED) is 0.490. The standard InChI is InChI=1S/C22H22N6OS/c1-3-27(4-2)12-10-24-22(29)16-7-9-23-19(14-16)17-15-25-28-11-8-18(26-21(17)28)20-6-5-13-30-20/h5-15H,3-4H2,1-2H3,(H,24,29)/b12-10+. The van der Waals surface area contributed by atoms with Gasteiger partial charge in [0.15, 0.2) is 5.65 Å². The summed E-state index contributed by atoms with van der Waals surface area (Å²) in [5.74, 6) is -0.189. The number of hydrogen-bond acceptors (Lipinski definition) is 6. The third-order valence-electron chi connectivity index (χ3n) is 4.75. The summed E-state index contributed by atoms with van der Waals surface area (Å²) >= 11 is 1.64. The molecule has 0 aliphatic carbocycles. The van der Waals surface area contributed by atoms with Gasteiger partial charge in [0.1, 0.15) is 0 Å². The lowest BCUT2D eigenvalue weighted by Gasteiger charge is -2.14. The van der Waals surface area contributed by atoms with E-state index in [4.69, 9.17) is 4.98 Å². The summed E-state index contributed by atoms with van der Waals surface area (Å²) in [7, 11) is 0. The molecular formula is C22H22N6OS. The molecule has 4 rings (SSSR count). The molecule has 4 aromatic heterocycles. The number of thiophene rings is 1. The van der Waals surface area contributed by atoms with Crippen LogP contribution < -0.4 is 5.32 Å². The number of hydrogen-bond donors (Lipinski definition) is 1. The molecular weight excluding hydrogens is 396 g/mol. The molecule has 0 aliphatic heterocycles. The zero-order chi connectivity index (χ0) is 20.9. The monoisotopic (exact) mass is 418 g/mol. The van der Waals surface area contributed by atoms with Gasteiger partial charge in [-0.25, -0.2) is 9.50 Å². The van der Waals surface area contributed by atoms with Crippen molar-refractivity contribution in [3.63, 3.8) is 0 Å². The second kappa shape index (κ2) is 8.87. The molecule has 4 aromatic rings. The molecule has 0 saturated heterocycles. The number of amides is 1. The maximum Gasteiger partial charge on any atom is 0.255 e. The molecule has 1 amide bonds. The summed E-state index contributed by atoms with van der Waals surface area (Å²) in [5.41, 5.74) is 3.54. The van der Waals surface area contributed by atoms with Gasteiger partial charge < -0.3 is 10.2 Å². The van der Waals surface area contributed by atoms with Crippen LogP contribution in [0.25, 0.3) is 27.5 Å². The van der Waals surface area contributed by atoms with Gasteiger partial charge in [0.25, 0.3) is 5.91 Å². The normalized spacial score (nSPS) is 11.3. The van der Waals surface area contributed by atoms with E-state index in [1.807, 2.05) is 36.0 Å². The van der Waals surface area contributed by atoms with Crippen LogP contribution in [-0.2, 0) is 0 Å². The number of nitrogens with zero attached hydrogens (tertiary/aromatic N) is 5. The van der Waals surface area contributed by atoms with E-state index in [0.29, 0.717) is 16.9 Å². The molecule has 0 atom stereocenters. The first-order valence-corrected chi connectivity index (χ1v) is 10.6. The fraction of sp³-hybridized carbons (Fsp3) is 0.182. The molecule has 4 heterocycles. The summed E-state index contributed by atoms with van der Waals surface area (Å²) in [6.07, 6.45) is 8.78. The van der Waals surface area contributed by atoms with Crippen LogP contribution in [0.5, 0.6) is 0 Å². The van der Waals surface area contributed by atoms with Gasteiger partial charge in [0, 0.05) is 43.4 Å². The molecule has 0 aromatic carbocycles. The van der Waals surface area contributed by atoms with Gasteiger partial charge in [0.2, 0.25) is 0 Å². The number of carbonyl (C=O) groups is 1. The van der Waals surface area contributed by atoms with E-state index < -0.39 is 0 Å². The van der Waals surface area contributed by atoms with E-state index in [0.717, 1.165) is 29.2 Å². The van der Waals surface area contributed by atoms with Crippen molar-refractivity contribution in [2.24, 2.45) is 0 Å². The van der Waals surface area contributed by atoms with Gasteiger partial charge in [0.05, 0.1) is 28.0 Å². The maximum absolute atomic E-state index is 12.6. The Morgan fingerprint density at radius 1 is 1.23 bits per heavy atom. The Balaban J connectivity index is 1.61. The van der Waals surface area contributed by atoms with Gasteiger partial charge in [-0.2, -0.15) is 5.10 Å². The number of fused-ring (bicyclic) bond motifs is 1. The van der Waals surface area contributed by atoms with Crippen LogP contribution in [0.1, 0.15) is 24.2 Å². The van der Waals surface area contributed by atoms with Crippen molar-refractivity contribution in [1.29, 1.82) is 0 Å². The van der Waals surface area contributed by atoms with Crippen LogP contribution in [0.15, 0.2) is 66.7 Å². The summed E-state index contributed by atoms with van der Waals surface area (Å²) in [6.45, 7) is 5.91.